The van der Waals surface area contributed by atoms with E-state index in [9.17, 15) is 24.5 Å². The number of halogens is 1. The summed E-state index contributed by atoms with van der Waals surface area (Å²) in [6.07, 6.45) is 0.238. The fourth-order valence-corrected chi connectivity index (χ4v) is 2.58. The molecule has 2 aromatic carbocycles. The van der Waals surface area contributed by atoms with Crippen molar-refractivity contribution in [2.24, 2.45) is 0 Å². The maximum Gasteiger partial charge on any atom is 0.306 e. The molecule has 0 aliphatic carbocycles. The third-order valence-corrected chi connectivity index (χ3v) is 4.20. The predicted molar refractivity (Wildman–Crippen MR) is 113 cm³/mol. The molecule has 0 radical (unpaired) electrons. The molecule has 0 fully saturated rings. The number of methoxy groups -OCH3 is 1. The largest absolute Gasteiger partial charge is 0.497 e. The Morgan fingerprint density at radius 2 is 1.74 bits per heavy atom. The van der Waals surface area contributed by atoms with Gasteiger partial charge in [0.05, 0.1) is 12.0 Å². The number of anilines is 2. The van der Waals surface area contributed by atoms with Crippen LogP contribution in [0.3, 0.4) is 0 Å². The third-order valence-electron chi connectivity index (χ3n) is 3.95. The summed E-state index contributed by atoms with van der Waals surface area (Å²) in [5.41, 5.74) is 0.178. The quantitative estimate of drug-likeness (QED) is 0.321. The average Bonchev–Trinajstić information content (AvgIpc) is 2.73. The topological polar surface area (TPSA) is 137 Å². The lowest BCUT2D eigenvalue weighted by molar-refractivity contribution is -0.383. The summed E-state index contributed by atoms with van der Waals surface area (Å²) in [5, 5.41) is 16.6. The molecule has 0 aliphatic rings. The number of nitro groups is 1. The minimum absolute atomic E-state index is 0.0688. The van der Waals surface area contributed by atoms with Gasteiger partial charge in [0.15, 0.2) is 6.61 Å². The fourth-order valence-electron chi connectivity index (χ4n) is 2.46. The first-order chi connectivity index (χ1) is 14.8. The van der Waals surface area contributed by atoms with Gasteiger partial charge in [0.2, 0.25) is 5.91 Å². The second-order valence-electron chi connectivity index (χ2n) is 6.26. The van der Waals surface area contributed by atoms with Crippen LogP contribution in [0.1, 0.15) is 19.3 Å². The zero-order chi connectivity index (χ0) is 22.8. The molecular weight excluding hydrogens is 430 g/mol. The van der Waals surface area contributed by atoms with Gasteiger partial charge in [0.1, 0.15) is 11.4 Å². The molecule has 164 valence electrons. The molecule has 0 saturated carbocycles. The van der Waals surface area contributed by atoms with Crippen molar-refractivity contribution in [1.29, 1.82) is 0 Å². The van der Waals surface area contributed by atoms with E-state index in [1.807, 2.05) is 0 Å². The summed E-state index contributed by atoms with van der Waals surface area (Å²) >= 11 is 5.77. The van der Waals surface area contributed by atoms with E-state index in [2.05, 4.69) is 10.6 Å². The van der Waals surface area contributed by atoms with Gasteiger partial charge in [-0.05, 0) is 36.8 Å². The van der Waals surface area contributed by atoms with Gasteiger partial charge in [0.25, 0.3) is 11.6 Å². The first-order valence-corrected chi connectivity index (χ1v) is 9.49. The van der Waals surface area contributed by atoms with Gasteiger partial charge in [0, 0.05) is 35.7 Å². The second-order valence-corrected chi connectivity index (χ2v) is 6.69. The molecule has 0 aromatic heterocycles. The summed E-state index contributed by atoms with van der Waals surface area (Å²) in [6, 6.07) is 10.4. The molecule has 2 aromatic rings. The van der Waals surface area contributed by atoms with Crippen LogP contribution in [0.2, 0.25) is 5.02 Å². The second kappa shape index (κ2) is 11.5. The maximum atomic E-state index is 12.0. The number of hydrogen-bond donors (Lipinski definition) is 2. The van der Waals surface area contributed by atoms with E-state index < -0.39 is 23.4 Å². The summed E-state index contributed by atoms with van der Waals surface area (Å²) in [7, 11) is 1.38. The van der Waals surface area contributed by atoms with E-state index in [0.29, 0.717) is 16.5 Å². The smallest absolute Gasteiger partial charge is 0.306 e. The lowest BCUT2D eigenvalue weighted by Gasteiger charge is -2.09. The molecule has 0 bridgehead atoms. The zero-order valence-electron chi connectivity index (χ0n) is 16.6. The SMILES string of the molecule is COc1ccc([N+](=O)[O-])c(NC(=O)COC(=O)CCCC(=O)Nc2ccc(Cl)cc2)c1. The Hall–Kier alpha value is -3.66. The van der Waals surface area contributed by atoms with Crippen LogP contribution in [0, 0.1) is 10.1 Å². The Bertz CT molecular complexity index is 964. The summed E-state index contributed by atoms with van der Waals surface area (Å²) < 4.78 is 9.83. The van der Waals surface area contributed by atoms with Crippen molar-refractivity contribution < 1.29 is 28.8 Å². The predicted octanol–water partition coefficient (Wildman–Crippen LogP) is 3.55. The Morgan fingerprint density at radius 3 is 2.39 bits per heavy atom. The van der Waals surface area contributed by atoms with Crippen LogP contribution in [0.15, 0.2) is 42.5 Å². The molecule has 11 heteroatoms. The summed E-state index contributed by atoms with van der Waals surface area (Å²) in [4.78, 5) is 46.0. The van der Waals surface area contributed by atoms with Crippen LogP contribution in [-0.2, 0) is 19.1 Å². The Balaban J connectivity index is 1.73. The molecule has 0 unspecified atom stereocenters. The number of nitro benzene ring substituents is 1. The Kier molecular flexibility index (Phi) is 8.77. The van der Waals surface area contributed by atoms with Gasteiger partial charge in [-0.2, -0.15) is 0 Å². The number of amides is 2. The molecule has 0 saturated heterocycles. The third kappa shape index (κ3) is 7.94. The van der Waals surface area contributed by atoms with Crippen LogP contribution >= 0.6 is 11.6 Å². The van der Waals surface area contributed by atoms with E-state index in [4.69, 9.17) is 21.1 Å². The Labute approximate surface area is 182 Å². The number of carbonyl (C=O) groups is 3. The molecule has 0 atom stereocenters. The first-order valence-electron chi connectivity index (χ1n) is 9.12. The molecule has 31 heavy (non-hydrogen) atoms. The van der Waals surface area contributed by atoms with Crippen molar-refractivity contribution in [1.82, 2.24) is 0 Å². The van der Waals surface area contributed by atoms with Crippen molar-refractivity contribution >= 4 is 46.4 Å². The first kappa shape index (κ1) is 23.6. The van der Waals surface area contributed by atoms with Gasteiger partial charge < -0.3 is 20.1 Å². The highest BCUT2D eigenvalue weighted by Gasteiger charge is 2.18. The van der Waals surface area contributed by atoms with Gasteiger partial charge in [-0.15, -0.1) is 0 Å². The minimum atomic E-state index is -0.745. The van der Waals surface area contributed by atoms with Crippen molar-refractivity contribution in [3.63, 3.8) is 0 Å². The molecule has 2 rings (SSSR count). The molecule has 0 aliphatic heterocycles. The van der Waals surface area contributed by atoms with Crippen molar-refractivity contribution in [2.45, 2.75) is 19.3 Å². The monoisotopic (exact) mass is 449 g/mol. The Morgan fingerprint density at radius 1 is 1.03 bits per heavy atom. The van der Waals surface area contributed by atoms with Crippen LogP contribution in [0.4, 0.5) is 17.1 Å². The van der Waals surface area contributed by atoms with E-state index in [1.54, 1.807) is 24.3 Å². The van der Waals surface area contributed by atoms with Crippen LogP contribution in [0.25, 0.3) is 0 Å². The summed E-state index contributed by atoms with van der Waals surface area (Å²) in [6.45, 7) is -0.621. The highest BCUT2D eigenvalue weighted by Crippen LogP contribution is 2.28. The number of benzene rings is 2. The maximum absolute atomic E-state index is 12.0. The number of esters is 1. The summed E-state index contributed by atoms with van der Waals surface area (Å²) in [5.74, 6) is -1.38. The van der Waals surface area contributed by atoms with E-state index in [-0.39, 0.29) is 36.5 Å². The number of rotatable bonds is 10. The highest BCUT2D eigenvalue weighted by atomic mass is 35.5. The molecule has 0 spiro atoms. The standard InChI is InChI=1S/C20H20ClN3O7/c1-30-15-9-10-17(24(28)29)16(11-15)23-19(26)12-31-20(27)4-2-3-18(25)22-14-7-5-13(21)6-8-14/h5-11H,2-4,12H2,1H3,(H,22,25)(H,23,26). The van der Waals surface area contributed by atoms with E-state index in [1.165, 1.54) is 25.3 Å². The van der Waals surface area contributed by atoms with Gasteiger partial charge in [-0.1, -0.05) is 11.6 Å². The lowest BCUT2D eigenvalue weighted by atomic mass is 10.2. The van der Waals surface area contributed by atoms with E-state index in [0.717, 1.165) is 0 Å². The molecular formula is C20H20ClN3O7. The number of carbonyl (C=O) groups excluding carboxylic acids is 3. The average molecular weight is 450 g/mol. The minimum Gasteiger partial charge on any atom is -0.497 e. The molecule has 10 nitrogen and oxygen atoms in total. The zero-order valence-corrected chi connectivity index (χ0v) is 17.3. The molecule has 0 heterocycles. The fraction of sp³-hybridized carbons (Fsp3) is 0.250. The van der Waals surface area contributed by atoms with Gasteiger partial charge in [-0.3, -0.25) is 24.5 Å². The van der Waals surface area contributed by atoms with Crippen LogP contribution < -0.4 is 15.4 Å². The normalized spacial score (nSPS) is 10.1. The van der Waals surface area contributed by atoms with Crippen molar-refractivity contribution in [3.05, 3.63) is 57.6 Å². The van der Waals surface area contributed by atoms with E-state index >= 15 is 0 Å². The van der Waals surface area contributed by atoms with Crippen LogP contribution in [-0.4, -0.2) is 36.4 Å². The van der Waals surface area contributed by atoms with Gasteiger partial charge in [-0.25, -0.2) is 0 Å². The highest BCUT2D eigenvalue weighted by molar-refractivity contribution is 6.30. The lowest BCUT2D eigenvalue weighted by Crippen LogP contribution is -2.21. The number of nitrogens with zero attached hydrogens (tertiary/aromatic N) is 1. The number of ether oxygens (including phenoxy) is 2. The van der Waals surface area contributed by atoms with Gasteiger partial charge >= 0.3 is 5.97 Å². The number of hydrogen-bond acceptors (Lipinski definition) is 7. The van der Waals surface area contributed by atoms with Crippen molar-refractivity contribution in [3.8, 4) is 5.75 Å². The number of nitrogens with one attached hydrogen (secondary N) is 2. The van der Waals surface area contributed by atoms with Crippen LogP contribution in [0.5, 0.6) is 5.75 Å². The molecule has 2 N–H and O–H groups in total. The van der Waals surface area contributed by atoms with Crippen molar-refractivity contribution in [2.75, 3.05) is 24.4 Å². The molecule has 2 amide bonds.